The Hall–Kier alpha value is -1.72. The summed E-state index contributed by atoms with van der Waals surface area (Å²) < 4.78 is 19.0. The van der Waals surface area contributed by atoms with Gasteiger partial charge in [-0.25, -0.2) is 9.18 Å². The number of carbonyl (C=O) groups is 1. The Kier molecular flexibility index (Phi) is 6.35. The van der Waals surface area contributed by atoms with Crippen LogP contribution in [0.4, 0.5) is 4.39 Å². The second-order valence-electron chi connectivity index (χ2n) is 4.74. The molecule has 110 valence electrons. The van der Waals surface area contributed by atoms with Gasteiger partial charge in [0.25, 0.3) is 0 Å². The predicted molar refractivity (Wildman–Crippen MR) is 75.9 cm³/mol. The lowest BCUT2D eigenvalue weighted by atomic mass is 10.1. The zero-order chi connectivity index (χ0) is 15.1. The summed E-state index contributed by atoms with van der Waals surface area (Å²) in [4.78, 5) is 12.4. The Labute approximate surface area is 118 Å². The van der Waals surface area contributed by atoms with Crippen LogP contribution in [0.15, 0.2) is 24.3 Å². The third kappa shape index (κ3) is 5.11. The van der Waals surface area contributed by atoms with Crippen LogP contribution in [-0.2, 0) is 16.1 Å². The number of hydrogen-bond acceptors (Lipinski definition) is 3. The summed E-state index contributed by atoms with van der Waals surface area (Å²) >= 11 is 0. The van der Waals surface area contributed by atoms with Crippen LogP contribution in [0.5, 0.6) is 0 Å². The van der Waals surface area contributed by atoms with E-state index in [1.807, 2.05) is 18.9 Å². The van der Waals surface area contributed by atoms with Crippen molar-refractivity contribution in [1.29, 1.82) is 0 Å². The van der Waals surface area contributed by atoms with Gasteiger partial charge in [0.2, 0.25) is 0 Å². The van der Waals surface area contributed by atoms with Crippen molar-refractivity contribution < 1.29 is 19.0 Å². The van der Waals surface area contributed by atoms with E-state index in [0.717, 1.165) is 6.08 Å². The summed E-state index contributed by atoms with van der Waals surface area (Å²) in [5.74, 6) is -1.39. The summed E-state index contributed by atoms with van der Waals surface area (Å²) in [5.41, 5.74) is 1.10. The average Bonchev–Trinajstić information content (AvgIpc) is 2.39. The Morgan fingerprint density at radius 2 is 2.25 bits per heavy atom. The van der Waals surface area contributed by atoms with E-state index in [1.165, 1.54) is 12.1 Å². The Morgan fingerprint density at radius 3 is 2.80 bits per heavy atom. The van der Waals surface area contributed by atoms with Gasteiger partial charge in [-0.3, -0.25) is 4.90 Å². The van der Waals surface area contributed by atoms with E-state index < -0.39 is 5.97 Å². The molecule has 0 aliphatic rings. The lowest BCUT2D eigenvalue weighted by molar-refractivity contribution is -0.131. The average molecular weight is 281 g/mol. The molecule has 0 spiro atoms. The number of likely N-dealkylation sites (N-methyl/N-ethyl adjacent to an activating group) is 1. The molecule has 1 atom stereocenters. The zero-order valence-corrected chi connectivity index (χ0v) is 12.0. The number of nitrogens with zero attached hydrogens (tertiary/aromatic N) is 1. The van der Waals surface area contributed by atoms with E-state index in [2.05, 4.69) is 0 Å². The fourth-order valence-electron chi connectivity index (χ4n) is 1.76. The molecule has 0 bridgehead atoms. The maximum atomic E-state index is 13.9. The Bertz CT molecular complexity index is 488. The fourth-order valence-corrected chi connectivity index (χ4v) is 1.76. The van der Waals surface area contributed by atoms with Crippen molar-refractivity contribution in [2.75, 3.05) is 20.8 Å². The van der Waals surface area contributed by atoms with E-state index >= 15 is 0 Å². The van der Waals surface area contributed by atoms with Crippen LogP contribution >= 0.6 is 0 Å². The summed E-state index contributed by atoms with van der Waals surface area (Å²) in [5, 5.41) is 8.53. The van der Waals surface area contributed by atoms with Crippen molar-refractivity contribution in [3.05, 3.63) is 41.2 Å². The molecular formula is C15H20FNO3. The van der Waals surface area contributed by atoms with Gasteiger partial charge >= 0.3 is 5.97 Å². The zero-order valence-electron chi connectivity index (χ0n) is 12.0. The van der Waals surface area contributed by atoms with Crippen LogP contribution in [0, 0.1) is 5.82 Å². The first-order valence-corrected chi connectivity index (χ1v) is 6.32. The van der Waals surface area contributed by atoms with E-state index in [0.29, 0.717) is 24.3 Å². The molecule has 0 aliphatic carbocycles. The van der Waals surface area contributed by atoms with Gasteiger partial charge in [-0.1, -0.05) is 12.1 Å². The first-order valence-electron chi connectivity index (χ1n) is 6.32. The number of rotatable bonds is 7. The number of methoxy groups -OCH3 is 1. The minimum Gasteiger partial charge on any atom is -0.478 e. The van der Waals surface area contributed by atoms with Crippen molar-refractivity contribution in [3.8, 4) is 0 Å². The minimum atomic E-state index is -1.05. The molecule has 0 saturated heterocycles. The summed E-state index contributed by atoms with van der Waals surface area (Å²) in [7, 11) is 3.54. The quantitative estimate of drug-likeness (QED) is 0.780. The van der Waals surface area contributed by atoms with Gasteiger partial charge in [-0.2, -0.15) is 0 Å². The highest BCUT2D eigenvalue weighted by Gasteiger charge is 2.11. The third-order valence-electron chi connectivity index (χ3n) is 3.08. The third-order valence-corrected chi connectivity index (χ3v) is 3.08. The van der Waals surface area contributed by atoms with Gasteiger partial charge in [0, 0.05) is 31.3 Å². The van der Waals surface area contributed by atoms with Gasteiger partial charge in [0.1, 0.15) is 5.82 Å². The molecule has 1 N–H and O–H groups in total. The van der Waals surface area contributed by atoms with Gasteiger partial charge < -0.3 is 9.84 Å². The van der Waals surface area contributed by atoms with Gasteiger partial charge in [-0.05, 0) is 31.7 Å². The number of ether oxygens (including phenoxy) is 1. The molecule has 1 unspecified atom stereocenters. The highest BCUT2D eigenvalue weighted by Crippen LogP contribution is 2.14. The monoisotopic (exact) mass is 281 g/mol. The molecule has 20 heavy (non-hydrogen) atoms. The van der Waals surface area contributed by atoms with Crippen LogP contribution in [-0.4, -0.2) is 42.8 Å². The van der Waals surface area contributed by atoms with Crippen molar-refractivity contribution in [2.24, 2.45) is 0 Å². The molecule has 0 aliphatic heterocycles. The Balaban J connectivity index is 2.75. The van der Waals surface area contributed by atoms with Gasteiger partial charge in [0.15, 0.2) is 0 Å². The molecule has 0 saturated carbocycles. The van der Waals surface area contributed by atoms with E-state index in [9.17, 15) is 9.18 Å². The SMILES string of the molecule is COCC(C)N(C)Cc1ccc(C=CC(=O)O)cc1F. The van der Waals surface area contributed by atoms with Crippen molar-refractivity contribution >= 4 is 12.0 Å². The highest BCUT2D eigenvalue weighted by molar-refractivity contribution is 5.85. The molecule has 0 heterocycles. The number of carboxylic acids is 1. The summed E-state index contributed by atoms with van der Waals surface area (Å²) in [6.45, 7) is 3.06. The first-order chi connectivity index (χ1) is 9.43. The van der Waals surface area contributed by atoms with E-state index in [4.69, 9.17) is 9.84 Å². The lowest BCUT2D eigenvalue weighted by Gasteiger charge is -2.24. The number of carboxylic acid groups (broad SMARTS) is 1. The van der Waals surface area contributed by atoms with Crippen LogP contribution in [0.25, 0.3) is 6.08 Å². The number of benzene rings is 1. The number of hydrogen-bond donors (Lipinski definition) is 1. The largest absolute Gasteiger partial charge is 0.478 e. The molecule has 0 aromatic heterocycles. The topological polar surface area (TPSA) is 49.8 Å². The minimum absolute atomic E-state index is 0.186. The summed E-state index contributed by atoms with van der Waals surface area (Å²) in [6, 6.07) is 4.90. The molecular weight excluding hydrogens is 261 g/mol. The molecule has 0 amide bonds. The molecule has 1 aromatic carbocycles. The lowest BCUT2D eigenvalue weighted by Crippen LogP contribution is -2.32. The maximum absolute atomic E-state index is 13.9. The van der Waals surface area contributed by atoms with E-state index in [1.54, 1.807) is 19.2 Å². The molecule has 1 rings (SSSR count). The smallest absolute Gasteiger partial charge is 0.328 e. The standard InChI is InChI=1S/C15H20FNO3/c1-11(10-20-3)17(2)9-13-6-4-12(8-14(13)16)5-7-15(18)19/h4-8,11H,9-10H2,1-3H3,(H,18,19). The fraction of sp³-hybridized carbons (Fsp3) is 0.400. The van der Waals surface area contributed by atoms with Crippen LogP contribution in [0.1, 0.15) is 18.1 Å². The van der Waals surface area contributed by atoms with Crippen molar-refractivity contribution in [2.45, 2.75) is 19.5 Å². The molecule has 0 fully saturated rings. The highest BCUT2D eigenvalue weighted by atomic mass is 19.1. The van der Waals surface area contributed by atoms with Crippen LogP contribution < -0.4 is 0 Å². The molecule has 4 nitrogen and oxygen atoms in total. The van der Waals surface area contributed by atoms with Crippen LogP contribution in [0.2, 0.25) is 0 Å². The predicted octanol–water partition coefficient (Wildman–Crippen LogP) is 2.39. The second-order valence-corrected chi connectivity index (χ2v) is 4.74. The molecule has 1 aromatic rings. The Morgan fingerprint density at radius 1 is 1.55 bits per heavy atom. The normalized spacial score (nSPS) is 13.1. The maximum Gasteiger partial charge on any atom is 0.328 e. The van der Waals surface area contributed by atoms with E-state index in [-0.39, 0.29) is 11.9 Å². The van der Waals surface area contributed by atoms with Crippen molar-refractivity contribution in [3.63, 3.8) is 0 Å². The number of aliphatic carboxylic acids is 1. The van der Waals surface area contributed by atoms with Crippen LogP contribution in [0.3, 0.4) is 0 Å². The number of halogens is 1. The summed E-state index contributed by atoms with van der Waals surface area (Å²) in [6.07, 6.45) is 2.35. The van der Waals surface area contributed by atoms with Gasteiger partial charge in [0.05, 0.1) is 6.61 Å². The molecule has 5 heteroatoms. The second kappa shape index (κ2) is 7.77. The first kappa shape index (κ1) is 16.3. The molecule has 0 radical (unpaired) electrons. The van der Waals surface area contributed by atoms with Crippen molar-refractivity contribution in [1.82, 2.24) is 4.90 Å². The van der Waals surface area contributed by atoms with Gasteiger partial charge in [-0.15, -0.1) is 0 Å².